The Hall–Kier alpha value is -3.57. The fourth-order valence-electron chi connectivity index (χ4n) is 7.49. The predicted octanol–water partition coefficient (Wildman–Crippen LogP) is 7.15. The van der Waals surface area contributed by atoms with Crippen LogP contribution in [0.5, 0.6) is 0 Å². The number of piperidine rings is 1. The lowest BCUT2D eigenvalue weighted by molar-refractivity contribution is 0.0181. The highest BCUT2D eigenvalue weighted by atomic mass is 35.5. The Kier molecular flexibility index (Phi) is 12.1. The average molecular weight is 704 g/mol. The van der Waals surface area contributed by atoms with Crippen molar-refractivity contribution in [2.24, 2.45) is 16.6 Å². The molecule has 4 aromatic rings. The molecule has 2 aromatic heterocycles. The Morgan fingerprint density at radius 2 is 1.92 bits per heavy atom. The Labute approximate surface area is 299 Å². The highest BCUT2D eigenvalue weighted by Gasteiger charge is 2.31. The number of aliphatic imine (C=N–C) groups is 1. The molecule has 0 bridgehead atoms. The van der Waals surface area contributed by atoms with E-state index in [1.54, 1.807) is 16.8 Å². The first-order chi connectivity index (χ1) is 24.2. The van der Waals surface area contributed by atoms with Crippen LogP contribution in [0.3, 0.4) is 0 Å². The number of aryl methyl sites for hydroxylation is 1. The van der Waals surface area contributed by atoms with E-state index < -0.39 is 11.5 Å². The van der Waals surface area contributed by atoms with Gasteiger partial charge in [-0.1, -0.05) is 44.0 Å². The summed E-state index contributed by atoms with van der Waals surface area (Å²) in [7, 11) is 0. The zero-order valence-electron chi connectivity index (χ0n) is 29.6. The lowest BCUT2D eigenvalue weighted by Gasteiger charge is -2.43. The molecular formula is C39H51ClFN7O2. The van der Waals surface area contributed by atoms with Crippen LogP contribution in [0.2, 0.25) is 5.02 Å². The maximum atomic E-state index is 15.3. The summed E-state index contributed by atoms with van der Waals surface area (Å²) in [4.78, 5) is 30.5. The molecule has 0 saturated carbocycles. The molecular weight excluding hydrogens is 653 g/mol. The number of halogens is 2. The maximum Gasteiger partial charge on any atom is 0.354 e. The first kappa shape index (κ1) is 36.2. The molecule has 2 aliphatic heterocycles. The van der Waals surface area contributed by atoms with Gasteiger partial charge in [0.15, 0.2) is 5.82 Å². The number of amidine groups is 1. The number of likely N-dealkylation sites (tertiary alicyclic amines) is 1. The van der Waals surface area contributed by atoms with Crippen molar-refractivity contribution in [1.82, 2.24) is 24.3 Å². The minimum absolute atomic E-state index is 0.0939. The van der Waals surface area contributed by atoms with Crippen molar-refractivity contribution >= 4 is 28.5 Å². The number of rotatable bonds is 13. The zero-order valence-corrected chi connectivity index (χ0v) is 30.4. The topological polar surface area (TPSA) is 105 Å². The molecule has 3 N–H and O–H groups in total. The fourth-order valence-corrected chi connectivity index (χ4v) is 7.73. The number of nitrogens with two attached hydrogens (primary N) is 1. The highest BCUT2D eigenvalue weighted by molar-refractivity contribution is 6.31. The van der Waals surface area contributed by atoms with Gasteiger partial charge in [0, 0.05) is 62.0 Å². The molecule has 0 radical (unpaired) electrons. The second kappa shape index (κ2) is 16.6. The number of hydrogen-bond acceptors (Lipinski definition) is 6. The highest BCUT2D eigenvalue weighted by Crippen LogP contribution is 2.36. The van der Waals surface area contributed by atoms with E-state index in [2.05, 4.69) is 50.7 Å². The third kappa shape index (κ3) is 8.83. The third-order valence-electron chi connectivity index (χ3n) is 10.2. The number of nitrogens with zero attached hydrogens (tertiary/aromatic N) is 5. The van der Waals surface area contributed by atoms with Gasteiger partial charge in [0.25, 0.3) is 0 Å². The SMILES string of the molecule is CC(N)=NCCC1CCCC(c2ccc(-n3cc4cc(-c5cc(CCCC(C)C)cc(Cl)c5F)[nH]c4nc3=O)cc2)N1CCN1CCOCC1. The molecule has 2 unspecified atom stereocenters. The van der Waals surface area contributed by atoms with E-state index in [1.165, 1.54) is 5.56 Å². The normalized spacial score (nSPS) is 19.5. The summed E-state index contributed by atoms with van der Waals surface area (Å²) in [5.41, 5.74) is 9.75. The van der Waals surface area contributed by atoms with E-state index in [-0.39, 0.29) is 11.1 Å². The van der Waals surface area contributed by atoms with Gasteiger partial charge in [-0.05, 0) is 92.8 Å². The van der Waals surface area contributed by atoms with Gasteiger partial charge in [0.1, 0.15) is 5.65 Å². The van der Waals surface area contributed by atoms with Gasteiger partial charge < -0.3 is 15.5 Å². The molecule has 11 heteroatoms. The summed E-state index contributed by atoms with van der Waals surface area (Å²) in [6, 6.07) is 14.4. The minimum Gasteiger partial charge on any atom is -0.388 e. The van der Waals surface area contributed by atoms with Crippen LogP contribution in [0.1, 0.15) is 76.5 Å². The molecule has 0 spiro atoms. The molecule has 2 fully saturated rings. The van der Waals surface area contributed by atoms with Crippen LogP contribution in [0.4, 0.5) is 4.39 Å². The molecule has 2 aromatic carbocycles. The van der Waals surface area contributed by atoms with Gasteiger partial charge in [-0.3, -0.25) is 19.4 Å². The Morgan fingerprint density at radius 3 is 2.66 bits per heavy atom. The standard InChI is InChI=1S/C39H51ClFN7O2/c1-26(2)6-4-7-28-22-33(37(41)34(40)23-28)35-24-30-25-48(39(49)45-38(30)44-35)32-12-10-29(11-13-32)36-9-5-8-31(14-15-43-27(3)42)47(36)17-16-46-18-20-50-21-19-46/h10-13,22-26,31,36H,4-9,14-21H2,1-3H3,(H2,42,43)(H,44,45,49). The second-order valence-electron chi connectivity index (χ2n) is 14.3. The van der Waals surface area contributed by atoms with Gasteiger partial charge >= 0.3 is 5.69 Å². The number of nitrogens with one attached hydrogen (secondary N) is 1. The molecule has 2 saturated heterocycles. The molecule has 0 amide bonds. The van der Waals surface area contributed by atoms with Crippen molar-refractivity contribution in [2.45, 2.75) is 77.8 Å². The van der Waals surface area contributed by atoms with Crippen molar-refractivity contribution < 1.29 is 9.13 Å². The molecule has 268 valence electrons. The van der Waals surface area contributed by atoms with Gasteiger partial charge in [-0.25, -0.2) is 9.18 Å². The molecule has 50 heavy (non-hydrogen) atoms. The van der Waals surface area contributed by atoms with Gasteiger partial charge in [-0.2, -0.15) is 4.98 Å². The predicted molar refractivity (Wildman–Crippen MR) is 201 cm³/mol. The Morgan fingerprint density at radius 1 is 1.14 bits per heavy atom. The number of benzene rings is 2. The number of fused-ring (bicyclic) bond motifs is 1. The van der Waals surface area contributed by atoms with Crippen molar-refractivity contribution in [3.05, 3.63) is 81.1 Å². The summed E-state index contributed by atoms with van der Waals surface area (Å²) in [6.07, 6.45) is 9.04. The molecule has 2 atom stereocenters. The number of H-pyrrole nitrogens is 1. The minimum atomic E-state index is -0.484. The largest absolute Gasteiger partial charge is 0.388 e. The summed E-state index contributed by atoms with van der Waals surface area (Å²) < 4.78 is 22.4. The first-order valence-corrected chi connectivity index (χ1v) is 18.6. The van der Waals surface area contributed by atoms with Crippen molar-refractivity contribution in [3.8, 4) is 16.9 Å². The van der Waals surface area contributed by atoms with E-state index in [0.29, 0.717) is 40.1 Å². The monoisotopic (exact) mass is 703 g/mol. The van der Waals surface area contributed by atoms with E-state index in [4.69, 9.17) is 22.1 Å². The van der Waals surface area contributed by atoms with E-state index in [1.807, 2.05) is 31.2 Å². The quantitative estimate of drug-likeness (QED) is 0.113. The second-order valence-corrected chi connectivity index (χ2v) is 14.7. The van der Waals surface area contributed by atoms with Crippen LogP contribution >= 0.6 is 11.6 Å². The molecule has 2 aliphatic rings. The van der Waals surface area contributed by atoms with Crippen LogP contribution in [0, 0.1) is 11.7 Å². The van der Waals surface area contributed by atoms with Crippen LogP contribution in [0.25, 0.3) is 28.0 Å². The molecule has 0 aliphatic carbocycles. The van der Waals surface area contributed by atoms with Gasteiger partial charge in [0.2, 0.25) is 0 Å². The lowest BCUT2D eigenvalue weighted by atomic mass is 9.89. The maximum absolute atomic E-state index is 15.3. The van der Waals surface area contributed by atoms with Crippen molar-refractivity contribution in [2.75, 3.05) is 45.9 Å². The smallest absolute Gasteiger partial charge is 0.354 e. The summed E-state index contributed by atoms with van der Waals surface area (Å²) in [5.74, 6) is 0.749. The summed E-state index contributed by atoms with van der Waals surface area (Å²) in [5, 5.41) is 0.806. The number of hydrogen-bond donors (Lipinski definition) is 2. The molecule has 6 rings (SSSR count). The van der Waals surface area contributed by atoms with Crippen molar-refractivity contribution in [3.63, 3.8) is 0 Å². The Bertz CT molecular complexity index is 1830. The van der Waals surface area contributed by atoms with Crippen LogP contribution < -0.4 is 11.4 Å². The first-order valence-electron chi connectivity index (χ1n) is 18.2. The van der Waals surface area contributed by atoms with E-state index in [9.17, 15) is 4.79 Å². The lowest BCUT2D eigenvalue weighted by Crippen LogP contribution is -2.47. The van der Waals surface area contributed by atoms with E-state index >= 15 is 4.39 Å². The number of aromatic nitrogens is 3. The summed E-state index contributed by atoms with van der Waals surface area (Å²) >= 11 is 6.33. The Balaban J connectivity index is 1.23. The fraction of sp³-hybridized carbons (Fsp3) is 0.513. The number of aromatic amines is 1. The van der Waals surface area contributed by atoms with Crippen LogP contribution in [-0.4, -0.2) is 82.1 Å². The van der Waals surface area contributed by atoms with Crippen molar-refractivity contribution in [1.29, 1.82) is 0 Å². The van der Waals surface area contributed by atoms with Gasteiger partial charge in [-0.15, -0.1) is 0 Å². The molecule has 4 heterocycles. The van der Waals surface area contributed by atoms with Gasteiger partial charge in [0.05, 0.1) is 35.5 Å². The van der Waals surface area contributed by atoms with E-state index in [0.717, 1.165) is 102 Å². The van der Waals surface area contributed by atoms with Crippen LogP contribution in [0.15, 0.2) is 58.4 Å². The van der Waals surface area contributed by atoms with Crippen LogP contribution in [-0.2, 0) is 11.2 Å². The third-order valence-corrected chi connectivity index (χ3v) is 10.5. The summed E-state index contributed by atoms with van der Waals surface area (Å²) in [6.45, 7) is 12.5. The number of ether oxygens (including phenoxy) is 1. The zero-order chi connectivity index (χ0) is 35.2. The average Bonchev–Trinajstić information content (AvgIpc) is 3.51. The molecule has 9 nitrogen and oxygen atoms in total. The number of morpholine rings is 1.